The molecule has 3 nitrogen and oxygen atoms in total. The highest BCUT2D eigenvalue weighted by molar-refractivity contribution is 6.62. The van der Waals surface area contributed by atoms with Gasteiger partial charge in [-0.25, -0.2) is 4.39 Å². The third-order valence-electron chi connectivity index (χ3n) is 4.84. The van der Waals surface area contributed by atoms with E-state index in [4.69, 9.17) is 15.0 Å². The SMILES string of the molecule is CC1(C)OB(c2ccc(C3(N)CC3)c(F)c2)OC1(C)C. The first-order chi connectivity index (χ1) is 9.15. The van der Waals surface area contributed by atoms with E-state index in [1.165, 1.54) is 6.07 Å². The van der Waals surface area contributed by atoms with Crippen molar-refractivity contribution in [3.05, 3.63) is 29.6 Å². The minimum atomic E-state index is -0.531. The highest BCUT2D eigenvalue weighted by Crippen LogP contribution is 2.43. The predicted octanol–water partition coefficient (Wildman–Crippen LogP) is 2.07. The molecule has 1 heterocycles. The Hall–Kier alpha value is -0.905. The Kier molecular flexibility index (Phi) is 2.85. The molecule has 1 saturated carbocycles. The van der Waals surface area contributed by atoms with E-state index in [0.717, 1.165) is 12.8 Å². The lowest BCUT2D eigenvalue weighted by Gasteiger charge is -2.32. The van der Waals surface area contributed by atoms with Gasteiger partial charge in [0.1, 0.15) is 5.82 Å². The van der Waals surface area contributed by atoms with Crippen molar-refractivity contribution in [3.8, 4) is 0 Å². The zero-order valence-corrected chi connectivity index (χ0v) is 12.5. The van der Waals surface area contributed by atoms with Crippen LogP contribution in [0.3, 0.4) is 0 Å². The molecule has 0 radical (unpaired) electrons. The standard InChI is InChI=1S/C15H21BFNO2/c1-13(2)14(3,4)20-16(19-13)10-5-6-11(12(17)9-10)15(18)7-8-15/h5-6,9H,7-8,18H2,1-4H3. The first-order valence-electron chi connectivity index (χ1n) is 7.09. The largest absolute Gasteiger partial charge is 0.494 e. The van der Waals surface area contributed by atoms with Crippen LogP contribution in [0, 0.1) is 5.82 Å². The lowest BCUT2D eigenvalue weighted by molar-refractivity contribution is 0.00578. The van der Waals surface area contributed by atoms with Gasteiger partial charge in [0, 0.05) is 11.1 Å². The van der Waals surface area contributed by atoms with Crippen LogP contribution < -0.4 is 11.2 Å². The molecule has 1 aromatic carbocycles. The average Bonchev–Trinajstić information content (AvgIpc) is 3.01. The number of hydrogen-bond donors (Lipinski definition) is 1. The maximum atomic E-state index is 14.2. The van der Waals surface area contributed by atoms with Crippen molar-refractivity contribution in [2.24, 2.45) is 5.73 Å². The van der Waals surface area contributed by atoms with Crippen molar-refractivity contribution < 1.29 is 13.7 Å². The second-order valence-corrected chi connectivity index (χ2v) is 6.98. The Labute approximate surface area is 119 Å². The molecule has 2 aliphatic rings. The highest BCUT2D eigenvalue weighted by atomic mass is 19.1. The van der Waals surface area contributed by atoms with Gasteiger partial charge in [-0.2, -0.15) is 0 Å². The smallest absolute Gasteiger partial charge is 0.399 e. The lowest BCUT2D eigenvalue weighted by Crippen LogP contribution is -2.41. The molecule has 1 saturated heterocycles. The molecule has 108 valence electrons. The molecular weight excluding hydrogens is 256 g/mol. The van der Waals surface area contributed by atoms with Crippen LogP contribution in [-0.4, -0.2) is 18.3 Å². The van der Waals surface area contributed by atoms with E-state index in [-0.39, 0.29) is 5.82 Å². The van der Waals surface area contributed by atoms with Gasteiger partial charge in [0.2, 0.25) is 0 Å². The van der Waals surface area contributed by atoms with Gasteiger partial charge in [0.05, 0.1) is 11.2 Å². The van der Waals surface area contributed by atoms with Gasteiger partial charge in [-0.1, -0.05) is 12.1 Å². The molecule has 2 N–H and O–H groups in total. The molecule has 3 rings (SSSR count). The maximum absolute atomic E-state index is 14.2. The van der Waals surface area contributed by atoms with Crippen LogP contribution in [0.5, 0.6) is 0 Å². The number of rotatable bonds is 2. The number of nitrogens with two attached hydrogens (primary N) is 1. The van der Waals surface area contributed by atoms with Gasteiger partial charge in [0.15, 0.2) is 0 Å². The molecular formula is C15H21BFNO2. The molecule has 0 unspecified atom stereocenters. The van der Waals surface area contributed by atoms with Crippen molar-refractivity contribution in [3.63, 3.8) is 0 Å². The molecule has 0 atom stereocenters. The Morgan fingerprint density at radius 1 is 1.10 bits per heavy atom. The third-order valence-corrected chi connectivity index (χ3v) is 4.84. The van der Waals surface area contributed by atoms with Crippen LogP contribution >= 0.6 is 0 Å². The zero-order chi connectivity index (χ0) is 14.8. The summed E-state index contributed by atoms with van der Waals surface area (Å²) in [6, 6.07) is 5.11. The molecule has 0 aromatic heterocycles. The van der Waals surface area contributed by atoms with E-state index < -0.39 is 23.9 Å². The lowest BCUT2D eigenvalue weighted by atomic mass is 9.78. The fourth-order valence-electron chi connectivity index (χ4n) is 2.46. The number of benzene rings is 1. The summed E-state index contributed by atoms with van der Waals surface area (Å²) in [5, 5.41) is 0. The third kappa shape index (κ3) is 2.08. The molecule has 5 heteroatoms. The summed E-state index contributed by atoms with van der Waals surface area (Å²) in [6.07, 6.45) is 1.69. The minimum absolute atomic E-state index is 0.266. The molecule has 0 spiro atoms. The van der Waals surface area contributed by atoms with Crippen LogP contribution in [0.15, 0.2) is 18.2 Å². The molecule has 2 fully saturated rings. The van der Waals surface area contributed by atoms with Crippen molar-refractivity contribution in [1.29, 1.82) is 0 Å². The number of halogens is 1. The molecule has 0 bridgehead atoms. The Morgan fingerprint density at radius 3 is 2.10 bits per heavy atom. The summed E-state index contributed by atoms with van der Waals surface area (Å²) < 4.78 is 26.1. The van der Waals surface area contributed by atoms with E-state index in [1.54, 1.807) is 6.07 Å². The Morgan fingerprint density at radius 2 is 1.65 bits per heavy atom. The topological polar surface area (TPSA) is 44.5 Å². The van der Waals surface area contributed by atoms with Gasteiger partial charge in [0.25, 0.3) is 0 Å². The summed E-state index contributed by atoms with van der Waals surface area (Å²) in [7, 11) is -0.531. The van der Waals surface area contributed by atoms with Crippen molar-refractivity contribution in [2.75, 3.05) is 0 Å². The first-order valence-corrected chi connectivity index (χ1v) is 7.09. The van der Waals surface area contributed by atoms with E-state index in [1.807, 2.05) is 33.8 Å². The number of hydrogen-bond acceptors (Lipinski definition) is 3. The first kappa shape index (κ1) is 14.0. The van der Waals surface area contributed by atoms with E-state index in [9.17, 15) is 4.39 Å². The summed E-state index contributed by atoms with van der Waals surface area (Å²) in [6.45, 7) is 7.93. The van der Waals surface area contributed by atoms with E-state index in [2.05, 4.69) is 0 Å². The molecule has 1 aromatic rings. The summed E-state index contributed by atoms with van der Waals surface area (Å²) in [5.74, 6) is -0.266. The Balaban J connectivity index is 1.88. The van der Waals surface area contributed by atoms with Gasteiger partial charge in [-0.15, -0.1) is 0 Å². The fourth-order valence-corrected chi connectivity index (χ4v) is 2.46. The normalized spacial score (nSPS) is 25.8. The second kappa shape index (κ2) is 4.06. The van der Waals surface area contributed by atoms with Gasteiger partial charge in [-0.3, -0.25) is 0 Å². The summed E-state index contributed by atoms with van der Waals surface area (Å²) >= 11 is 0. The van der Waals surface area contributed by atoms with Crippen molar-refractivity contribution in [2.45, 2.75) is 57.3 Å². The minimum Gasteiger partial charge on any atom is -0.399 e. The van der Waals surface area contributed by atoms with E-state index >= 15 is 0 Å². The maximum Gasteiger partial charge on any atom is 0.494 e. The van der Waals surface area contributed by atoms with Crippen LogP contribution in [-0.2, 0) is 14.8 Å². The Bertz CT molecular complexity index is 539. The van der Waals surface area contributed by atoms with Gasteiger partial charge >= 0.3 is 7.12 Å². The van der Waals surface area contributed by atoms with Gasteiger partial charge in [-0.05, 0) is 52.1 Å². The van der Waals surface area contributed by atoms with E-state index in [0.29, 0.717) is 11.0 Å². The van der Waals surface area contributed by atoms with Crippen molar-refractivity contribution in [1.82, 2.24) is 0 Å². The average molecular weight is 277 g/mol. The summed E-state index contributed by atoms with van der Waals surface area (Å²) in [4.78, 5) is 0. The monoisotopic (exact) mass is 277 g/mol. The quantitative estimate of drug-likeness (QED) is 0.842. The molecule has 20 heavy (non-hydrogen) atoms. The van der Waals surface area contributed by atoms with Crippen LogP contribution in [0.1, 0.15) is 46.1 Å². The molecule has 1 aliphatic carbocycles. The van der Waals surface area contributed by atoms with Gasteiger partial charge < -0.3 is 15.0 Å². The highest BCUT2D eigenvalue weighted by Gasteiger charge is 2.52. The van der Waals surface area contributed by atoms with Crippen LogP contribution in [0.2, 0.25) is 0 Å². The predicted molar refractivity (Wildman–Crippen MR) is 77.2 cm³/mol. The fraction of sp³-hybridized carbons (Fsp3) is 0.600. The zero-order valence-electron chi connectivity index (χ0n) is 12.5. The second-order valence-electron chi connectivity index (χ2n) is 6.98. The summed E-state index contributed by atoms with van der Waals surface area (Å²) in [5.41, 5.74) is 6.06. The van der Waals surface area contributed by atoms with Crippen molar-refractivity contribution >= 4 is 12.6 Å². The molecule has 0 amide bonds. The van der Waals surface area contributed by atoms with Crippen LogP contribution in [0.25, 0.3) is 0 Å². The van der Waals surface area contributed by atoms with Crippen LogP contribution in [0.4, 0.5) is 4.39 Å². The molecule has 1 aliphatic heterocycles.